The maximum Gasteiger partial charge on any atom is 0.407 e. The molecule has 1 aromatic heterocycles. The van der Waals surface area contributed by atoms with Gasteiger partial charge in [-0.25, -0.2) is 9.78 Å². The summed E-state index contributed by atoms with van der Waals surface area (Å²) in [5, 5.41) is 2.15. The molecule has 0 aliphatic carbocycles. The quantitative estimate of drug-likeness (QED) is 0.759. The van der Waals surface area contributed by atoms with Crippen LogP contribution in [0.4, 0.5) is 4.79 Å². The fourth-order valence-electron chi connectivity index (χ4n) is 1.46. The summed E-state index contributed by atoms with van der Waals surface area (Å²) in [6.07, 6.45) is 4.31. The third-order valence-corrected chi connectivity index (χ3v) is 2.30. The number of nitrogens with zero attached hydrogens (tertiary/aromatic N) is 2. The monoisotopic (exact) mass is 358 g/mol. The zero-order valence-corrected chi connectivity index (χ0v) is 17.3. The number of nitrogens with one attached hydrogen (secondary N) is 2. The first-order chi connectivity index (χ1) is 11.9. The average molecular weight is 359 g/mol. The highest BCUT2D eigenvalue weighted by Gasteiger charge is 2.00. The molecule has 148 valence electrons. The summed E-state index contributed by atoms with van der Waals surface area (Å²) in [4.78, 5) is 29.3. The molecule has 2 N–H and O–H groups in total. The number of methoxy groups -OCH3 is 1. The zero-order chi connectivity index (χ0) is 20.1. The number of hydrogen-bond donors (Lipinski definition) is 2. The topological polar surface area (TPSA) is 87.3 Å². The Morgan fingerprint density at radius 1 is 1.36 bits per heavy atom. The SMILES string of the molecule is CC.CCC.CCCN(C)Cc1ncc(C)[nH]1.COC(=O)NCC=O. The van der Waals surface area contributed by atoms with Crippen molar-refractivity contribution >= 4 is 12.4 Å². The molecule has 0 fully saturated rings. The summed E-state index contributed by atoms with van der Waals surface area (Å²) in [5.74, 6) is 1.06. The third kappa shape index (κ3) is 22.1. The van der Waals surface area contributed by atoms with Gasteiger partial charge in [-0.2, -0.15) is 0 Å². The minimum absolute atomic E-state index is 0.00662. The lowest BCUT2D eigenvalue weighted by molar-refractivity contribution is -0.107. The highest BCUT2D eigenvalue weighted by molar-refractivity contribution is 5.70. The number of alkyl carbamates (subject to hydrolysis) is 1. The van der Waals surface area contributed by atoms with Gasteiger partial charge in [0.1, 0.15) is 12.1 Å². The van der Waals surface area contributed by atoms with Crippen molar-refractivity contribution in [2.24, 2.45) is 0 Å². The van der Waals surface area contributed by atoms with Gasteiger partial charge < -0.3 is 19.8 Å². The summed E-state index contributed by atoms with van der Waals surface area (Å²) >= 11 is 0. The molecular formula is C18H38N4O3. The second-order valence-electron chi connectivity index (χ2n) is 5.00. The Balaban J connectivity index is -0.000000323. The van der Waals surface area contributed by atoms with E-state index in [9.17, 15) is 9.59 Å². The maximum atomic E-state index is 10.1. The second kappa shape index (κ2) is 22.1. The highest BCUT2D eigenvalue weighted by atomic mass is 16.5. The molecule has 0 atom stereocenters. The van der Waals surface area contributed by atoms with Crippen LogP contribution in [-0.2, 0) is 16.1 Å². The first-order valence-corrected chi connectivity index (χ1v) is 8.89. The van der Waals surface area contributed by atoms with Crippen LogP contribution in [0.15, 0.2) is 6.20 Å². The van der Waals surface area contributed by atoms with Crippen LogP contribution in [0.2, 0.25) is 0 Å². The van der Waals surface area contributed by atoms with E-state index >= 15 is 0 Å². The van der Waals surface area contributed by atoms with E-state index in [0.717, 1.165) is 24.6 Å². The number of aryl methyl sites for hydroxylation is 1. The van der Waals surface area contributed by atoms with E-state index in [1.807, 2.05) is 27.0 Å². The smallest absolute Gasteiger partial charge is 0.407 e. The summed E-state index contributed by atoms with van der Waals surface area (Å²) in [5.41, 5.74) is 1.13. The number of carbonyl (C=O) groups excluding carboxylic acids is 2. The first kappa shape index (κ1) is 27.9. The molecule has 0 aliphatic heterocycles. The number of carbonyl (C=O) groups is 2. The van der Waals surface area contributed by atoms with Gasteiger partial charge >= 0.3 is 6.09 Å². The minimum Gasteiger partial charge on any atom is -0.453 e. The van der Waals surface area contributed by atoms with E-state index in [2.05, 4.69) is 52.7 Å². The molecule has 0 saturated carbocycles. The summed E-state index contributed by atoms with van der Waals surface area (Å²) in [6.45, 7) is 14.5. The molecule has 0 spiro atoms. The van der Waals surface area contributed by atoms with Gasteiger partial charge in [0.2, 0.25) is 0 Å². The molecule has 1 heterocycles. The number of aromatic nitrogens is 2. The van der Waals surface area contributed by atoms with Gasteiger partial charge in [0, 0.05) is 11.9 Å². The van der Waals surface area contributed by atoms with E-state index in [4.69, 9.17) is 0 Å². The summed E-state index contributed by atoms with van der Waals surface area (Å²) < 4.78 is 4.14. The van der Waals surface area contributed by atoms with Crippen LogP contribution < -0.4 is 5.32 Å². The van der Waals surface area contributed by atoms with E-state index in [-0.39, 0.29) is 6.54 Å². The molecule has 1 amide bonds. The van der Waals surface area contributed by atoms with Gasteiger partial charge in [0.15, 0.2) is 0 Å². The maximum absolute atomic E-state index is 10.1. The molecule has 1 aromatic rings. The van der Waals surface area contributed by atoms with Crippen LogP contribution in [0.3, 0.4) is 0 Å². The average Bonchev–Trinajstić information content (AvgIpc) is 3.00. The van der Waals surface area contributed by atoms with Crippen LogP contribution in [0.5, 0.6) is 0 Å². The van der Waals surface area contributed by atoms with Crippen LogP contribution in [0.25, 0.3) is 0 Å². The number of rotatable bonds is 6. The largest absolute Gasteiger partial charge is 0.453 e. The van der Waals surface area contributed by atoms with Crippen LogP contribution >= 0.6 is 0 Å². The standard InChI is InChI=1S/C9H17N3.C4H7NO3.C3H8.C2H6/c1-4-5-12(3)7-9-10-6-8(2)11-9;1-8-4(7)5-2-3-6;1-3-2;1-2/h6H,4-5,7H2,1-3H3,(H,10,11);3H,2H2,1H3,(H,5,7);3H2,1-2H3;1-2H3. The first-order valence-electron chi connectivity index (χ1n) is 8.89. The lowest BCUT2D eigenvalue weighted by Crippen LogP contribution is -2.24. The van der Waals surface area contributed by atoms with Crippen LogP contribution in [0, 0.1) is 6.92 Å². The summed E-state index contributed by atoms with van der Waals surface area (Å²) in [7, 11) is 3.35. The molecule has 25 heavy (non-hydrogen) atoms. The molecule has 7 heteroatoms. The van der Waals surface area contributed by atoms with Gasteiger partial charge in [-0.3, -0.25) is 4.90 Å². The molecule has 7 nitrogen and oxygen atoms in total. The van der Waals surface area contributed by atoms with Crippen molar-refractivity contribution in [3.8, 4) is 0 Å². The number of H-pyrrole nitrogens is 1. The number of ether oxygens (including phenoxy) is 1. The van der Waals surface area contributed by atoms with Crippen molar-refractivity contribution in [3.05, 3.63) is 17.7 Å². The highest BCUT2D eigenvalue weighted by Crippen LogP contribution is 1.99. The molecule has 0 radical (unpaired) electrons. The van der Waals surface area contributed by atoms with Crippen molar-refractivity contribution < 1.29 is 14.3 Å². The van der Waals surface area contributed by atoms with Gasteiger partial charge in [-0.1, -0.05) is 41.0 Å². The predicted octanol–water partition coefficient (Wildman–Crippen LogP) is 3.54. The van der Waals surface area contributed by atoms with Crippen molar-refractivity contribution in [3.63, 3.8) is 0 Å². The number of amides is 1. The van der Waals surface area contributed by atoms with Gasteiger partial charge in [0.05, 0.1) is 20.2 Å². The summed E-state index contributed by atoms with van der Waals surface area (Å²) in [6, 6.07) is 0. The normalized spacial score (nSPS) is 8.68. The number of aromatic amines is 1. The van der Waals surface area contributed by atoms with Crippen LogP contribution in [0.1, 0.15) is 59.0 Å². The van der Waals surface area contributed by atoms with E-state index in [1.54, 1.807) is 0 Å². The fraction of sp³-hybridized carbons (Fsp3) is 0.722. The lowest BCUT2D eigenvalue weighted by Gasteiger charge is -2.12. The van der Waals surface area contributed by atoms with Gasteiger partial charge in [-0.15, -0.1) is 0 Å². The van der Waals surface area contributed by atoms with Crippen molar-refractivity contribution in [2.75, 3.05) is 27.2 Å². The van der Waals surface area contributed by atoms with E-state index in [1.165, 1.54) is 20.0 Å². The van der Waals surface area contributed by atoms with Crippen molar-refractivity contribution in [1.82, 2.24) is 20.2 Å². The zero-order valence-electron chi connectivity index (χ0n) is 17.3. The van der Waals surface area contributed by atoms with Crippen LogP contribution in [-0.4, -0.2) is 54.5 Å². The molecular weight excluding hydrogens is 320 g/mol. The lowest BCUT2D eigenvalue weighted by atomic mass is 10.4. The van der Waals surface area contributed by atoms with E-state index in [0.29, 0.717) is 6.29 Å². The van der Waals surface area contributed by atoms with Gasteiger partial charge in [-0.05, 0) is 26.9 Å². The number of aldehydes is 1. The molecule has 1 rings (SSSR count). The molecule has 0 aromatic carbocycles. The van der Waals surface area contributed by atoms with E-state index < -0.39 is 6.09 Å². The Kier molecular flexibility index (Phi) is 24.7. The van der Waals surface area contributed by atoms with Crippen molar-refractivity contribution in [2.45, 2.75) is 60.9 Å². The number of imidazole rings is 1. The van der Waals surface area contributed by atoms with Gasteiger partial charge in [0.25, 0.3) is 0 Å². The predicted molar refractivity (Wildman–Crippen MR) is 104 cm³/mol. The number of hydrogen-bond acceptors (Lipinski definition) is 5. The Labute approximate surface area is 153 Å². The minimum atomic E-state index is -0.586. The third-order valence-electron chi connectivity index (χ3n) is 2.30. The fourth-order valence-corrected chi connectivity index (χ4v) is 1.46. The Morgan fingerprint density at radius 2 is 1.92 bits per heavy atom. The Morgan fingerprint density at radius 3 is 2.28 bits per heavy atom. The molecule has 0 unspecified atom stereocenters. The molecule has 0 saturated heterocycles. The van der Waals surface area contributed by atoms with Crippen molar-refractivity contribution in [1.29, 1.82) is 0 Å². The molecule has 0 bridgehead atoms. The molecule has 0 aliphatic rings. The Bertz CT molecular complexity index is 409. The second-order valence-corrected chi connectivity index (χ2v) is 5.00. The Hall–Kier alpha value is -1.89.